The SMILES string of the molecule is CC(=O)Nc1cc(Nc2cc(OC(C)C)cc(S(C)(=O)=O)n2)c(-c2cccc(C#N)n2)cn1. The maximum Gasteiger partial charge on any atom is 0.222 e. The number of ether oxygens (including phenoxy) is 1. The van der Waals surface area contributed by atoms with Crippen molar-refractivity contribution in [3.63, 3.8) is 0 Å². The number of carbonyl (C=O) groups excluding carboxylic acids is 1. The van der Waals surface area contributed by atoms with Crippen molar-refractivity contribution in [1.29, 1.82) is 5.26 Å². The maximum atomic E-state index is 12.2. The Morgan fingerprint density at radius 1 is 1.15 bits per heavy atom. The normalized spacial score (nSPS) is 11.0. The Labute approximate surface area is 191 Å². The van der Waals surface area contributed by atoms with Crippen LogP contribution in [0.2, 0.25) is 0 Å². The zero-order valence-corrected chi connectivity index (χ0v) is 19.3. The highest BCUT2D eigenvalue weighted by Gasteiger charge is 2.16. The molecule has 3 aromatic rings. The Hall–Kier alpha value is -4.04. The third-order valence-electron chi connectivity index (χ3n) is 4.14. The van der Waals surface area contributed by atoms with Crippen LogP contribution >= 0.6 is 0 Å². The third kappa shape index (κ3) is 6.24. The van der Waals surface area contributed by atoms with Crippen LogP contribution in [0, 0.1) is 11.3 Å². The van der Waals surface area contributed by atoms with Crippen molar-refractivity contribution in [1.82, 2.24) is 15.0 Å². The van der Waals surface area contributed by atoms with E-state index in [1.165, 1.54) is 19.2 Å². The van der Waals surface area contributed by atoms with Gasteiger partial charge >= 0.3 is 0 Å². The van der Waals surface area contributed by atoms with Gasteiger partial charge in [-0.1, -0.05) is 6.07 Å². The van der Waals surface area contributed by atoms with Gasteiger partial charge in [0.25, 0.3) is 0 Å². The molecule has 0 aromatic carbocycles. The fourth-order valence-electron chi connectivity index (χ4n) is 2.87. The number of anilines is 3. The number of amides is 1. The zero-order valence-electron chi connectivity index (χ0n) is 18.4. The van der Waals surface area contributed by atoms with Crippen molar-refractivity contribution in [2.75, 3.05) is 16.9 Å². The van der Waals surface area contributed by atoms with Gasteiger partial charge in [-0.25, -0.2) is 23.4 Å². The predicted molar refractivity (Wildman–Crippen MR) is 123 cm³/mol. The molecule has 0 unspecified atom stereocenters. The van der Waals surface area contributed by atoms with Crippen molar-refractivity contribution in [3.8, 4) is 23.1 Å². The molecule has 0 saturated carbocycles. The van der Waals surface area contributed by atoms with Gasteiger partial charge in [0.05, 0.1) is 17.5 Å². The Morgan fingerprint density at radius 2 is 1.91 bits per heavy atom. The van der Waals surface area contributed by atoms with E-state index in [-0.39, 0.29) is 34.4 Å². The van der Waals surface area contributed by atoms with E-state index in [1.807, 2.05) is 19.9 Å². The van der Waals surface area contributed by atoms with Crippen LogP contribution in [0.1, 0.15) is 26.5 Å². The molecule has 0 fully saturated rings. The molecule has 170 valence electrons. The summed E-state index contributed by atoms with van der Waals surface area (Å²) in [7, 11) is -3.62. The average Bonchev–Trinajstić information content (AvgIpc) is 2.72. The quantitative estimate of drug-likeness (QED) is 0.535. The van der Waals surface area contributed by atoms with Gasteiger partial charge in [-0.2, -0.15) is 5.26 Å². The minimum atomic E-state index is -3.62. The Kier molecular flexibility index (Phi) is 6.89. The van der Waals surface area contributed by atoms with Crippen LogP contribution in [0.3, 0.4) is 0 Å². The summed E-state index contributed by atoms with van der Waals surface area (Å²) in [6.45, 7) is 5.00. The second kappa shape index (κ2) is 9.62. The molecule has 33 heavy (non-hydrogen) atoms. The predicted octanol–water partition coefficient (Wildman–Crippen LogP) is 3.30. The van der Waals surface area contributed by atoms with Gasteiger partial charge in [-0.15, -0.1) is 0 Å². The summed E-state index contributed by atoms with van der Waals surface area (Å²) in [5.41, 5.74) is 1.62. The molecule has 0 spiro atoms. The summed E-state index contributed by atoms with van der Waals surface area (Å²) in [5, 5.41) is 14.7. The topological polar surface area (TPSA) is 147 Å². The van der Waals surface area contributed by atoms with Crippen molar-refractivity contribution in [3.05, 3.63) is 48.3 Å². The molecule has 3 aromatic heterocycles. The van der Waals surface area contributed by atoms with E-state index in [9.17, 15) is 18.5 Å². The lowest BCUT2D eigenvalue weighted by molar-refractivity contribution is -0.114. The van der Waals surface area contributed by atoms with Crippen molar-refractivity contribution >= 4 is 33.1 Å². The molecule has 11 heteroatoms. The van der Waals surface area contributed by atoms with Crippen LogP contribution in [0.15, 0.2) is 47.6 Å². The summed E-state index contributed by atoms with van der Waals surface area (Å²) >= 11 is 0. The molecule has 10 nitrogen and oxygen atoms in total. The minimum Gasteiger partial charge on any atom is -0.491 e. The fourth-order valence-corrected chi connectivity index (χ4v) is 3.47. The lowest BCUT2D eigenvalue weighted by atomic mass is 10.1. The van der Waals surface area contributed by atoms with Crippen LogP contribution in [0.5, 0.6) is 5.75 Å². The molecule has 1 amide bonds. The van der Waals surface area contributed by atoms with Crippen molar-refractivity contribution in [2.45, 2.75) is 31.9 Å². The first-order valence-corrected chi connectivity index (χ1v) is 11.8. The molecule has 0 atom stereocenters. The maximum absolute atomic E-state index is 12.2. The van der Waals surface area contributed by atoms with Crippen molar-refractivity contribution in [2.24, 2.45) is 0 Å². The highest BCUT2D eigenvalue weighted by atomic mass is 32.2. The van der Waals surface area contributed by atoms with E-state index in [4.69, 9.17) is 4.74 Å². The Bertz CT molecular complexity index is 1350. The zero-order chi connectivity index (χ0) is 24.2. The lowest BCUT2D eigenvalue weighted by Gasteiger charge is -2.16. The molecule has 0 aliphatic carbocycles. The van der Waals surface area contributed by atoms with Gasteiger partial charge in [0.1, 0.15) is 29.1 Å². The monoisotopic (exact) mass is 466 g/mol. The molecule has 0 saturated heterocycles. The van der Waals surface area contributed by atoms with Crippen LogP contribution in [0.4, 0.5) is 17.3 Å². The summed E-state index contributed by atoms with van der Waals surface area (Å²) in [6.07, 6.45) is 2.36. The first-order chi connectivity index (χ1) is 15.5. The van der Waals surface area contributed by atoms with Gasteiger partial charge in [-0.3, -0.25) is 4.79 Å². The number of rotatable bonds is 7. The van der Waals surface area contributed by atoms with Crippen molar-refractivity contribution < 1.29 is 17.9 Å². The standard InChI is InChI=1S/C22H22N6O4S/c1-13(2)32-16-8-21(28-22(9-16)33(4,30)31)27-19-10-20(25-14(3)29)24-12-17(19)18-7-5-6-15(11-23)26-18/h5-10,12-13H,1-4H3,(H2,24,25,27,28,29). The van der Waals surface area contributed by atoms with E-state index >= 15 is 0 Å². The highest BCUT2D eigenvalue weighted by Crippen LogP contribution is 2.32. The van der Waals surface area contributed by atoms with Gasteiger partial charge in [-0.05, 0) is 26.0 Å². The number of hydrogen-bond acceptors (Lipinski definition) is 9. The summed E-state index contributed by atoms with van der Waals surface area (Å²) < 4.78 is 30.0. The van der Waals surface area contributed by atoms with E-state index in [0.717, 1.165) is 6.26 Å². The lowest BCUT2D eigenvalue weighted by Crippen LogP contribution is -2.10. The van der Waals surface area contributed by atoms with Gasteiger partial charge in [0, 0.05) is 43.1 Å². The van der Waals surface area contributed by atoms with E-state index in [0.29, 0.717) is 22.7 Å². The minimum absolute atomic E-state index is 0.162. The smallest absolute Gasteiger partial charge is 0.222 e. The second-order valence-electron chi connectivity index (χ2n) is 7.41. The largest absolute Gasteiger partial charge is 0.491 e. The summed E-state index contributed by atoms with van der Waals surface area (Å²) in [4.78, 5) is 24.2. The number of hydrogen-bond donors (Lipinski definition) is 2. The second-order valence-corrected chi connectivity index (χ2v) is 9.37. The number of pyridine rings is 3. The summed E-state index contributed by atoms with van der Waals surface area (Å²) in [5.74, 6) is 0.482. The molecular formula is C22H22N6O4S. The van der Waals surface area contributed by atoms with E-state index < -0.39 is 9.84 Å². The Morgan fingerprint density at radius 3 is 2.55 bits per heavy atom. The van der Waals surface area contributed by atoms with Gasteiger partial charge < -0.3 is 15.4 Å². The average molecular weight is 467 g/mol. The third-order valence-corrected chi connectivity index (χ3v) is 5.11. The van der Waals surface area contributed by atoms with Crippen LogP contribution in [0.25, 0.3) is 11.3 Å². The van der Waals surface area contributed by atoms with E-state index in [1.54, 1.807) is 30.3 Å². The van der Waals surface area contributed by atoms with Gasteiger partial charge in [0.15, 0.2) is 14.9 Å². The highest BCUT2D eigenvalue weighted by molar-refractivity contribution is 7.90. The molecule has 3 heterocycles. The first-order valence-electron chi connectivity index (χ1n) is 9.86. The first kappa shape index (κ1) is 23.6. The molecule has 3 rings (SSSR count). The number of carbonyl (C=O) groups is 1. The number of nitriles is 1. The molecule has 2 N–H and O–H groups in total. The fraction of sp³-hybridized carbons (Fsp3) is 0.227. The molecule has 0 radical (unpaired) electrons. The molecule has 0 aliphatic heterocycles. The van der Waals surface area contributed by atoms with Gasteiger partial charge in [0.2, 0.25) is 5.91 Å². The molecular weight excluding hydrogens is 444 g/mol. The number of aromatic nitrogens is 3. The van der Waals surface area contributed by atoms with Crippen LogP contribution < -0.4 is 15.4 Å². The van der Waals surface area contributed by atoms with Crippen LogP contribution in [-0.2, 0) is 14.6 Å². The molecule has 0 aliphatic rings. The summed E-state index contributed by atoms with van der Waals surface area (Å²) in [6, 6.07) is 11.4. The number of nitrogens with one attached hydrogen (secondary N) is 2. The molecule has 0 bridgehead atoms. The van der Waals surface area contributed by atoms with E-state index in [2.05, 4.69) is 25.6 Å². The number of nitrogens with zero attached hydrogens (tertiary/aromatic N) is 4. The van der Waals surface area contributed by atoms with Crippen LogP contribution in [-0.4, -0.2) is 41.6 Å². The Balaban J connectivity index is 2.14. The number of sulfone groups is 1.